The van der Waals surface area contributed by atoms with Crippen molar-refractivity contribution in [2.45, 2.75) is 17.2 Å². The van der Waals surface area contributed by atoms with E-state index in [0.717, 1.165) is 12.1 Å². The van der Waals surface area contributed by atoms with Crippen molar-refractivity contribution >= 4 is 15.5 Å². The summed E-state index contributed by atoms with van der Waals surface area (Å²) in [5.74, 6) is -2.82. The monoisotopic (exact) mass is 288 g/mol. The van der Waals surface area contributed by atoms with Gasteiger partial charge in [-0.05, 0) is 24.3 Å². The molecule has 1 heterocycles. The Morgan fingerprint density at radius 3 is 2.42 bits per heavy atom. The molecule has 1 aromatic heterocycles. The normalized spacial score (nSPS) is 11.7. The van der Waals surface area contributed by atoms with Gasteiger partial charge in [-0.15, -0.1) is 0 Å². The van der Waals surface area contributed by atoms with Crippen LogP contribution in [0.1, 0.15) is 5.76 Å². The zero-order chi connectivity index (χ0) is 13.9. The first kappa shape index (κ1) is 13.5. The van der Waals surface area contributed by atoms with Gasteiger partial charge in [-0.2, -0.15) is 8.78 Å². The third kappa shape index (κ3) is 3.08. The lowest BCUT2D eigenvalue weighted by Crippen LogP contribution is -2.11. The summed E-state index contributed by atoms with van der Waals surface area (Å²) in [6.45, 7) is 0.362. The molecule has 1 N–H and O–H groups in total. The molecule has 0 radical (unpaired) electrons. The van der Waals surface area contributed by atoms with E-state index >= 15 is 0 Å². The maximum atomic E-state index is 12.3. The molecule has 0 amide bonds. The standard InChI is InChI=1S/C11H10F2N2O3S/c12-11(13)19(16,17)10-3-1-8(2-4-10)14-7-9-5-6-15-18-9/h1-6,11,14H,7H2. The number of aromatic nitrogens is 1. The van der Waals surface area contributed by atoms with Crippen molar-refractivity contribution in [3.8, 4) is 0 Å². The molecule has 0 bridgehead atoms. The van der Waals surface area contributed by atoms with Gasteiger partial charge in [0.25, 0.3) is 0 Å². The van der Waals surface area contributed by atoms with Crippen LogP contribution >= 0.6 is 0 Å². The topological polar surface area (TPSA) is 72.2 Å². The summed E-state index contributed by atoms with van der Waals surface area (Å²) in [6.07, 6.45) is 1.50. The van der Waals surface area contributed by atoms with Crippen LogP contribution < -0.4 is 5.32 Å². The van der Waals surface area contributed by atoms with Crippen LogP contribution in [0.3, 0.4) is 0 Å². The molecule has 0 atom stereocenters. The van der Waals surface area contributed by atoms with E-state index in [1.54, 1.807) is 6.07 Å². The van der Waals surface area contributed by atoms with Gasteiger partial charge in [0.15, 0.2) is 5.76 Å². The minimum Gasteiger partial charge on any atom is -0.378 e. The Kier molecular flexibility index (Phi) is 3.79. The van der Waals surface area contributed by atoms with Gasteiger partial charge in [0.1, 0.15) is 0 Å². The summed E-state index contributed by atoms with van der Waals surface area (Å²) >= 11 is 0. The second-order valence-corrected chi connectivity index (χ2v) is 5.58. The summed E-state index contributed by atoms with van der Waals surface area (Å²) in [5.41, 5.74) is 0.588. The number of rotatable bonds is 5. The summed E-state index contributed by atoms with van der Waals surface area (Å²) in [6, 6.07) is 6.74. The quantitative estimate of drug-likeness (QED) is 0.913. The Morgan fingerprint density at radius 1 is 1.21 bits per heavy atom. The highest BCUT2D eigenvalue weighted by Gasteiger charge is 2.26. The third-order valence-corrected chi connectivity index (χ3v) is 3.77. The molecular weight excluding hydrogens is 278 g/mol. The van der Waals surface area contributed by atoms with Gasteiger partial charge < -0.3 is 9.84 Å². The first-order valence-electron chi connectivity index (χ1n) is 5.25. The lowest BCUT2D eigenvalue weighted by Gasteiger charge is -2.06. The van der Waals surface area contributed by atoms with Crippen molar-refractivity contribution in [2.75, 3.05) is 5.32 Å². The molecule has 0 unspecified atom stereocenters. The predicted octanol–water partition coefficient (Wildman–Crippen LogP) is 2.28. The highest BCUT2D eigenvalue weighted by atomic mass is 32.2. The van der Waals surface area contributed by atoms with Crippen LogP contribution in [-0.4, -0.2) is 19.3 Å². The average molecular weight is 288 g/mol. The first-order valence-corrected chi connectivity index (χ1v) is 6.80. The van der Waals surface area contributed by atoms with Crippen LogP contribution in [0.2, 0.25) is 0 Å². The van der Waals surface area contributed by atoms with Crippen molar-refractivity contribution in [3.63, 3.8) is 0 Å². The lowest BCUT2D eigenvalue weighted by molar-refractivity contribution is 0.234. The van der Waals surface area contributed by atoms with Crippen LogP contribution in [0.5, 0.6) is 0 Å². The highest BCUT2D eigenvalue weighted by Crippen LogP contribution is 2.20. The van der Waals surface area contributed by atoms with Crippen molar-refractivity contribution in [1.29, 1.82) is 0 Å². The Labute approximate surface area is 108 Å². The van der Waals surface area contributed by atoms with E-state index < -0.39 is 20.5 Å². The maximum Gasteiger partial charge on any atom is 0.341 e. The van der Waals surface area contributed by atoms with E-state index in [0.29, 0.717) is 18.0 Å². The number of sulfone groups is 1. The fourth-order valence-corrected chi connectivity index (χ4v) is 2.11. The number of nitrogens with zero attached hydrogens (tertiary/aromatic N) is 1. The second kappa shape index (κ2) is 5.35. The zero-order valence-electron chi connectivity index (χ0n) is 9.58. The van der Waals surface area contributed by atoms with E-state index in [2.05, 4.69) is 10.5 Å². The van der Waals surface area contributed by atoms with Crippen LogP contribution in [0.4, 0.5) is 14.5 Å². The van der Waals surface area contributed by atoms with Crippen LogP contribution in [-0.2, 0) is 16.4 Å². The number of alkyl halides is 2. The molecule has 2 aromatic rings. The van der Waals surface area contributed by atoms with E-state index in [1.165, 1.54) is 18.3 Å². The Balaban J connectivity index is 2.07. The Morgan fingerprint density at radius 2 is 1.89 bits per heavy atom. The van der Waals surface area contributed by atoms with Gasteiger partial charge in [0.2, 0.25) is 9.84 Å². The van der Waals surface area contributed by atoms with E-state index in [-0.39, 0.29) is 0 Å². The molecule has 8 heteroatoms. The van der Waals surface area contributed by atoms with E-state index in [1.807, 2.05) is 0 Å². The van der Waals surface area contributed by atoms with Gasteiger partial charge in [-0.25, -0.2) is 8.42 Å². The largest absolute Gasteiger partial charge is 0.378 e. The van der Waals surface area contributed by atoms with Gasteiger partial charge in [0, 0.05) is 11.8 Å². The molecule has 2 rings (SSSR count). The van der Waals surface area contributed by atoms with E-state index in [4.69, 9.17) is 4.52 Å². The van der Waals surface area contributed by atoms with Crippen LogP contribution in [0.25, 0.3) is 0 Å². The summed E-state index contributed by atoms with van der Waals surface area (Å²) in [7, 11) is -4.54. The molecule has 1 aromatic carbocycles. The molecule has 0 aliphatic rings. The summed E-state index contributed by atoms with van der Waals surface area (Å²) in [5, 5.41) is 6.46. The van der Waals surface area contributed by atoms with Gasteiger partial charge in [-0.3, -0.25) is 0 Å². The predicted molar refractivity (Wildman–Crippen MR) is 63.5 cm³/mol. The molecule has 0 saturated carbocycles. The first-order chi connectivity index (χ1) is 9.00. The fourth-order valence-electron chi connectivity index (χ4n) is 1.39. The molecule has 5 nitrogen and oxygen atoms in total. The SMILES string of the molecule is O=S(=O)(c1ccc(NCc2ccno2)cc1)C(F)F. The zero-order valence-corrected chi connectivity index (χ0v) is 10.4. The number of hydrogen-bond donors (Lipinski definition) is 1. The minimum atomic E-state index is -4.54. The van der Waals surface area contributed by atoms with Crippen molar-refractivity contribution in [3.05, 3.63) is 42.3 Å². The van der Waals surface area contributed by atoms with Gasteiger partial charge in [-0.1, -0.05) is 5.16 Å². The average Bonchev–Trinajstić information content (AvgIpc) is 2.90. The molecule has 0 fully saturated rings. The second-order valence-electron chi connectivity index (χ2n) is 3.66. The molecule has 102 valence electrons. The Hall–Kier alpha value is -1.96. The Bertz CT molecular complexity index is 624. The molecular formula is C11H10F2N2O3S. The van der Waals surface area contributed by atoms with Crippen LogP contribution in [0, 0.1) is 0 Å². The van der Waals surface area contributed by atoms with Crippen LogP contribution in [0.15, 0.2) is 45.9 Å². The maximum absolute atomic E-state index is 12.3. The number of nitrogens with one attached hydrogen (secondary N) is 1. The van der Waals surface area contributed by atoms with Gasteiger partial charge >= 0.3 is 5.76 Å². The number of benzene rings is 1. The number of halogens is 2. The van der Waals surface area contributed by atoms with Crippen molar-refractivity contribution in [2.24, 2.45) is 0 Å². The molecule has 19 heavy (non-hydrogen) atoms. The van der Waals surface area contributed by atoms with Gasteiger partial charge in [0.05, 0.1) is 17.6 Å². The minimum absolute atomic E-state index is 0.362. The third-order valence-electron chi connectivity index (χ3n) is 2.38. The number of anilines is 1. The molecule has 0 saturated heterocycles. The van der Waals surface area contributed by atoms with E-state index in [9.17, 15) is 17.2 Å². The fraction of sp³-hybridized carbons (Fsp3) is 0.182. The lowest BCUT2D eigenvalue weighted by atomic mass is 10.3. The number of hydrogen-bond acceptors (Lipinski definition) is 5. The molecule has 0 aliphatic heterocycles. The smallest absolute Gasteiger partial charge is 0.341 e. The summed E-state index contributed by atoms with van der Waals surface area (Å²) in [4.78, 5) is -0.410. The highest BCUT2D eigenvalue weighted by molar-refractivity contribution is 7.91. The summed E-state index contributed by atoms with van der Waals surface area (Å²) < 4.78 is 51.9. The van der Waals surface area contributed by atoms with Crippen molar-refractivity contribution < 1.29 is 21.7 Å². The molecule has 0 aliphatic carbocycles. The van der Waals surface area contributed by atoms with Crippen molar-refractivity contribution in [1.82, 2.24) is 5.16 Å². The molecule has 0 spiro atoms.